The maximum atomic E-state index is 13.1. The zero-order valence-electron chi connectivity index (χ0n) is 18.3. The molecular formula is C24H23N3O5S. The van der Waals surface area contributed by atoms with Crippen LogP contribution in [0.2, 0.25) is 0 Å². The van der Waals surface area contributed by atoms with Crippen molar-refractivity contribution in [1.29, 1.82) is 0 Å². The molecule has 0 bridgehead atoms. The van der Waals surface area contributed by atoms with Crippen LogP contribution in [0.25, 0.3) is 10.8 Å². The highest BCUT2D eigenvalue weighted by Crippen LogP contribution is 2.27. The number of amides is 1. The normalized spacial score (nSPS) is 12.3. The maximum Gasteiger partial charge on any atom is 0.266 e. The molecule has 0 aliphatic rings. The second-order valence-corrected chi connectivity index (χ2v) is 9.52. The Hall–Kier alpha value is -3.85. The lowest BCUT2D eigenvalue weighted by Crippen LogP contribution is -2.30. The summed E-state index contributed by atoms with van der Waals surface area (Å²) < 4.78 is 38.1. The molecule has 0 saturated heterocycles. The molecule has 0 unspecified atom stereocenters. The fourth-order valence-electron chi connectivity index (χ4n) is 3.27. The van der Waals surface area contributed by atoms with Crippen LogP contribution in [0.5, 0.6) is 5.75 Å². The van der Waals surface area contributed by atoms with Gasteiger partial charge < -0.3 is 14.6 Å². The Morgan fingerprint density at radius 1 is 1.03 bits per heavy atom. The number of fused-ring (bicyclic) bond motifs is 1. The van der Waals surface area contributed by atoms with Gasteiger partial charge in [-0.25, -0.2) is 8.42 Å². The summed E-state index contributed by atoms with van der Waals surface area (Å²) in [5.41, 5.74) is 0.464. The number of aryl methyl sites for hydroxylation is 1. The monoisotopic (exact) mass is 465 g/mol. The topological polar surface area (TPSA) is 102 Å². The predicted molar refractivity (Wildman–Crippen MR) is 126 cm³/mol. The van der Waals surface area contributed by atoms with E-state index in [2.05, 4.69) is 10.5 Å². The molecular weight excluding hydrogens is 442 g/mol. The lowest BCUT2D eigenvalue weighted by Gasteiger charge is -2.20. The SMILES string of the molecule is Cc1cc(NC(=O)[C@@H](C)Oc2ccc(N(C)S(=O)(=O)c3ccc4ccccc4c3)cc2)no1. The summed E-state index contributed by atoms with van der Waals surface area (Å²) in [5.74, 6) is 0.929. The highest BCUT2D eigenvalue weighted by atomic mass is 32.2. The Balaban J connectivity index is 1.45. The van der Waals surface area contributed by atoms with Gasteiger partial charge in [0.15, 0.2) is 11.9 Å². The van der Waals surface area contributed by atoms with Gasteiger partial charge in [-0.2, -0.15) is 0 Å². The Kier molecular flexibility index (Phi) is 6.06. The van der Waals surface area contributed by atoms with Gasteiger partial charge in [-0.3, -0.25) is 9.10 Å². The van der Waals surface area contributed by atoms with E-state index in [1.165, 1.54) is 11.4 Å². The molecule has 1 atom stereocenters. The number of hydrogen-bond donors (Lipinski definition) is 1. The number of ether oxygens (including phenoxy) is 1. The Labute approximate surface area is 191 Å². The van der Waals surface area contributed by atoms with E-state index in [0.29, 0.717) is 23.0 Å². The lowest BCUT2D eigenvalue weighted by molar-refractivity contribution is -0.122. The first-order valence-electron chi connectivity index (χ1n) is 10.2. The number of aromatic nitrogens is 1. The van der Waals surface area contributed by atoms with Crippen molar-refractivity contribution < 1.29 is 22.5 Å². The Morgan fingerprint density at radius 2 is 1.73 bits per heavy atom. The zero-order valence-corrected chi connectivity index (χ0v) is 19.2. The molecule has 9 heteroatoms. The van der Waals surface area contributed by atoms with Crippen LogP contribution in [-0.2, 0) is 14.8 Å². The van der Waals surface area contributed by atoms with Crippen molar-refractivity contribution in [3.05, 3.63) is 78.6 Å². The van der Waals surface area contributed by atoms with Crippen molar-refractivity contribution in [2.45, 2.75) is 24.8 Å². The smallest absolute Gasteiger partial charge is 0.266 e. The number of benzene rings is 3. The maximum absolute atomic E-state index is 13.1. The van der Waals surface area contributed by atoms with Crippen LogP contribution in [0.3, 0.4) is 0 Å². The quantitative estimate of drug-likeness (QED) is 0.435. The van der Waals surface area contributed by atoms with E-state index in [1.807, 2.05) is 24.3 Å². The average Bonchev–Trinajstić information content (AvgIpc) is 3.23. The third kappa shape index (κ3) is 4.83. The van der Waals surface area contributed by atoms with Crippen molar-refractivity contribution in [1.82, 2.24) is 5.16 Å². The minimum atomic E-state index is -3.75. The van der Waals surface area contributed by atoms with Gasteiger partial charge in [-0.05, 0) is 61.0 Å². The van der Waals surface area contributed by atoms with Crippen molar-refractivity contribution in [2.24, 2.45) is 0 Å². The van der Waals surface area contributed by atoms with Crippen LogP contribution >= 0.6 is 0 Å². The summed E-state index contributed by atoms with van der Waals surface area (Å²) in [5, 5.41) is 8.14. The van der Waals surface area contributed by atoms with Crippen LogP contribution < -0.4 is 14.4 Å². The molecule has 0 fully saturated rings. The van der Waals surface area contributed by atoms with Gasteiger partial charge in [0.25, 0.3) is 15.9 Å². The van der Waals surface area contributed by atoms with E-state index in [1.54, 1.807) is 62.4 Å². The summed E-state index contributed by atoms with van der Waals surface area (Å²) >= 11 is 0. The summed E-state index contributed by atoms with van der Waals surface area (Å²) in [6.45, 7) is 3.33. The van der Waals surface area contributed by atoms with Crippen LogP contribution in [0, 0.1) is 6.92 Å². The molecule has 4 aromatic rings. The van der Waals surface area contributed by atoms with E-state index < -0.39 is 16.1 Å². The summed E-state index contributed by atoms with van der Waals surface area (Å²) in [6, 6.07) is 20.7. The van der Waals surface area contributed by atoms with Gasteiger partial charge in [-0.15, -0.1) is 0 Å². The zero-order chi connectivity index (χ0) is 23.6. The fourth-order valence-corrected chi connectivity index (χ4v) is 4.50. The van der Waals surface area contributed by atoms with Gasteiger partial charge in [-0.1, -0.05) is 35.5 Å². The molecule has 0 saturated carbocycles. The van der Waals surface area contributed by atoms with Crippen molar-refractivity contribution >= 4 is 38.2 Å². The first kappa shape index (κ1) is 22.3. The molecule has 0 spiro atoms. The third-order valence-corrected chi connectivity index (χ3v) is 6.92. The molecule has 1 heterocycles. The number of sulfonamides is 1. The summed E-state index contributed by atoms with van der Waals surface area (Å²) in [7, 11) is -2.26. The number of hydrogen-bond acceptors (Lipinski definition) is 6. The van der Waals surface area contributed by atoms with E-state index in [-0.39, 0.29) is 10.8 Å². The molecule has 0 radical (unpaired) electrons. The molecule has 4 rings (SSSR count). The van der Waals surface area contributed by atoms with E-state index in [9.17, 15) is 13.2 Å². The number of carbonyl (C=O) groups is 1. The minimum Gasteiger partial charge on any atom is -0.481 e. The van der Waals surface area contributed by atoms with Crippen molar-refractivity contribution in [3.8, 4) is 5.75 Å². The molecule has 3 aromatic carbocycles. The Morgan fingerprint density at radius 3 is 2.39 bits per heavy atom. The molecule has 1 N–H and O–H groups in total. The number of rotatable bonds is 7. The Bertz CT molecular complexity index is 1400. The van der Waals surface area contributed by atoms with Gasteiger partial charge >= 0.3 is 0 Å². The summed E-state index contributed by atoms with van der Waals surface area (Å²) in [6.07, 6.45) is -0.799. The van der Waals surface area contributed by atoms with Crippen LogP contribution in [-0.4, -0.2) is 32.6 Å². The van der Waals surface area contributed by atoms with E-state index in [4.69, 9.17) is 9.26 Å². The van der Waals surface area contributed by atoms with Crippen LogP contribution in [0.15, 0.2) is 82.2 Å². The first-order chi connectivity index (χ1) is 15.7. The third-order valence-electron chi connectivity index (χ3n) is 5.14. The second kappa shape index (κ2) is 8.95. The molecule has 1 amide bonds. The largest absolute Gasteiger partial charge is 0.481 e. The van der Waals surface area contributed by atoms with Crippen molar-refractivity contribution in [2.75, 3.05) is 16.7 Å². The fraction of sp³-hybridized carbons (Fsp3) is 0.167. The molecule has 0 aliphatic heterocycles. The molecule has 8 nitrogen and oxygen atoms in total. The highest BCUT2D eigenvalue weighted by molar-refractivity contribution is 7.92. The number of carbonyl (C=O) groups excluding carboxylic acids is 1. The minimum absolute atomic E-state index is 0.206. The number of nitrogens with zero attached hydrogens (tertiary/aromatic N) is 2. The summed E-state index contributed by atoms with van der Waals surface area (Å²) in [4.78, 5) is 12.5. The molecule has 33 heavy (non-hydrogen) atoms. The van der Waals surface area contributed by atoms with Gasteiger partial charge in [0.1, 0.15) is 11.5 Å². The van der Waals surface area contributed by atoms with E-state index in [0.717, 1.165) is 10.8 Å². The standard InChI is InChI=1S/C24H23N3O5S/c1-16-14-23(26-32-16)25-24(28)17(2)31-21-11-9-20(10-12-21)27(3)33(29,30)22-13-8-18-6-4-5-7-19(18)15-22/h4-15,17H,1-3H3,(H,25,26,28)/t17-/m1/s1. The lowest BCUT2D eigenvalue weighted by atomic mass is 10.1. The van der Waals surface area contributed by atoms with Crippen LogP contribution in [0.4, 0.5) is 11.5 Å². The van der Waals surface area contributed by atoms with Crippen molar-refractivity contribution in [3.63, 3.8) is 0 Å². The first-order valence-corrected chi connectivity index (χ1v) is 11.7. The molecule has 0 aliphatic carbocycles. The van der Waals surface area contributed by atoms with E-state index >= 15 is 0 Å². The molecule has 170 valence electrons. The second-order valence-electron chi connectivity index (χ2n) is 7.55. The van der Waals surface area contributed by atoms with Gasteiger partial charge in [0, 0.05) is 13.1 Å². The number of nitrogens with one attached hydrogen (secondary N) is 1. The highest BCUT2D eigenvalue weighted by Gasteiger charge is 2.22. The number of anilines is 2. The average molecular weight is 466 g/mol. The van der Waals surface area contributed by atoms with Gasteiger partial charge in [0.05, 0.1) is 10.6 Å². The predicted octanol–water partition coefficient (Wildman–Crippen LogP) is 4.37. The van der Waals surface area contributed by atoms with Gasteiger partial charge in [0.2, 0.25) is 0 Å². The molecule has 1 aromatic heterocycles. The van der Waals surface area contributed by atoms with Crippen LogP contribution in [0.1, 0.15) is 12.7 Å².